The number of unbranched alkanes of at least 4 members (excludes halogenated alkanes) is 1. The van der Waals surface area contributed by atoms with Crippen molar-refractivity contribution in [1.82, 2.24) is 8.78 Å². The van der Waals surface area contributed by atoms with Crippen LogP contribution in [-0.4, -0.2) is 59.0 Å². The predicted molar refractivity (Wildman–Crippen MR) is 52.2 cm³/mol. The van der Waals surface area contributed by atoms with Gasteiger partial charge in [0, 0.05) is 0 Å². The second-order valence-electron chi connectivity index (χ2n) is 3.27. The van der Waals surface area contributed by atoms with E-state index in [0.29, 0.717) is 0 Å². The molecule has 0 N–H and O–H groups in total. The molecule has 64 valence electrons. The van der Waals surface area contributed by atoms with E-state index < -0.39 is 0 Å². The number of rotatable bonds is 6. The van der Waals surface area contributed by atoms with Crippen molar-refractivity contribution in [2.45, 2.75) is 19.8 Å². The van der Waals surface area contributed by atoms with Crippen LogP contribution in [0, 0.1) is 0 Å². The van der Waals surface area contributed by atoms with Gasteiger partial charge in [-0.1, -0.05) is 0 Å². The molecule has 0 fully saturated rings. The van der Waals surface area contributed by atoms with E-state index in [0.717, 1.165) is 0 Å². The summed E-state index contributed by atoms with van der Waals surface area (Å²) < 4.78 is 2.42. The topological polar surface area (TPSA) is 6.48 Å². The molecule has 0 aromatic carbocycles. The maximum atomic E-state index is 2.42. The third kappa shape index (κ3) is 8.36. The van der Waals surface area contributed by atoms with Gasteiger partial charge in [-0.2, -0.15) is 0 Å². The van der Waals surface area contributed by atoms with Crippen LogP contribution in [0.3, 0.4) is 0 Å². The molecule has 0 heterocycles. The molecule has 2 nitrogen and oxygen atoms in total. The Hall–Kier alpha value is 0.452. The van der Waals surface area contributed by atoms with E-state index in [2.05, 4.69) is 29.8 Å². The zero-order chi connectivity index (χ0) is 8.69. The van der Waals surface area contributed by atoms with Crippen LogP contribution in [0.4, 0.5) is 0 Å². The Morgan fingerprint density at radius 2 is 1.73 bits per heavy atom. The molecule has 3 heteroatoms. The fourth-order valence-corrected chi connectivity index (χ4v) is 1.20. The first-order valence-corrected chi connectivity index (χ1v) is 5.00. The summed E-state index contributed by atoms with van der Waals surface area (Å²) in [6.07, 6.45) is 2.63. The zero-order valence-electron chi connectivity index (χ0n) is 8.14. The molecular formula is C8H20AlN2+. The molecule has 0 aliphatic heterocycles. The molecule has 0 spiro atoms. The molecule has 11 heavy (non-hydrogen) atoms. The normalized spacial score (nSPS) is 11.3. The van der Waals surface area contributed by atoms with E-state index in [4.69, 9.17) is 0 Å². The third-order valence-electron chi connectivity index (χ3n) is 1.69. The first kappa shape index (κ1) is 11.5. The van der Waals surface area contributed by atoms with Crippen molar-refractivity contribution in [3.63, 3.8) is 0 Å². The minimum absolute atomic E-state index is 1.17. The molecule has 0 aliphatic rings. The van der Waals surface area contributed by atoms with Crippen molar-refractivity contribution in [2.75, 3.05) is 33.7 Å². The van der Waals surface area contributed by atoms with Crippen LogP contribution >= 0.6 is 0 Å². The summed E-state index contributed by atoms with van der Waals surface area (Å²) in [7, 11) is 4.24. The van der Waals surface area contributed by atoms with Crippen LogP contribution in [0.2, 0.25) is 0 Å². The summed E-state index contributed by atoms with van der Waals surface area (Å²) in [6, 6.07) is 0. The zero-order valence-corrected chi connectivity index (χ0v) is 9.55. The standard InChI is InChI=1S/C8H19N2.Al.H/c1-4-5-6-9-7-8-10(2)3;;/h4-8H2,1-3H3;;/q-1;+2;. The molecule has 0 aliphatic carbocycles. The number of likely N-dealkylation sites (N-methyl/N-ethyl adjacent to an activating group) is 1. The Labute approximate surface area is 79.2 Å². The monoisotopic (exact) mass is 171 g/mol. The molecule has 0 unspecified atom stereocenters. The van der Waals surface area contributed by atoms with Gasteiger partial charge in [-0.15, -0.1) is 0 Å². The van der Waals surface area contributed by atoms with Crippen molar-refractivity contribution < 1.29 is 0 Å². The van der Waals surface area contributed by atoms with E-state index in [1.165, 1.54) is 32.5 Å². The SMILES string of the molecule is CCCC[N]([AlH+])CCN(C)C. The van der Waals surface area contributed by atoms with E-state index in [-0.39, 0.29) is 0 Å². The van der Waals surface area contributed by atoms with Crippen molar-refractivity contribution in [1.29, 1.82) is 0 Å². The molecular weight excluding hydrogens is 151 g/mol. The quantitative estimate of drug-likeness (QED) is 0.536. The summed E-state index contributed by atoms with van der Waals surface area (Å²) in [6.45, 7) is 5.87. The van der Waals surface area contributed by atoms with Gasteiger partial charge in [-0.3, -0.25) is 0 Å². The summed E-state index contributed by atoms with van der Waals surface area (Å²) in [4.78, 5) is 2.23. The summed E-state index contributed by atoms with van der Waals surface area (Å²) in [5, 5.41) is 0. The Balaban J connectivity index is 3.15. The Bertz CT molecular complexity index is 86.2. The van der Waals surface area contributed by atoms with Gasteiger partial charge in [-0.25, -0.2) is 0 Å². The molecule has 0 rings (SSSR count). The van der Waals surface area contributed by atoms with Gasteiger partial charge in [0.1, 0.15) is 0 Å². The van der Waals surface area contributed by atoms with Crippen LogP contribution in [0.15, 0.2) is 0 Å². The fraction of sp³-hybridized carbons (Fsp3) is 1.00. The second-order valence-corrected chi connectivity index (χ2v) is 4.17. The summed E-state index contributed by atoms with van der Waals surface area (Å²) in [5.74, 6) is 0. The van der Waals surface area contributed by atoms with Crippen molar-refractivity contribution in [3.8, 4) is 0 Å². The Kier molecular flexibility index (Phi) is 7.41. The first-order valence-electron chi connectivity index (χ1n) is 4.37. The van der Waals surface area contributed by atoms with E-state index >= 15 is 0 Å². The Morgan fingerprint density at radius 3 is 2.18 bits per heavy atom. The summed E-state index contributed by atoms with van der Waals surface area (Å²) in [5.41, 5.74) is 0. The van der Waals surface area contributed by atoms with Gasteiger partial charge >= 0.3 is 78.8 Å². The molecule has 0 saturated heterocycles. The molecule has 0 aromatic rings. The molecule has 0 aromatic heterocycles. The van der Waals surface area contributed by atoms with Crippen LogP contribution in [-0.2, 0) is 0 Å². The second kappa shape index (κ2) is 7.12. The van der Waals surface area contributed by atoms with Crippen molar-refractivity contribution in [3.05, 3.63) is 0 Å². The number of hydrogen-bond acceptors (Lipinski definition) is 2. The average molecular weight is 171 g/mol. The van der Waals surface area contributed by atoms with Gasteiger partial charge < -0.3 is 0 Å². The maximum absolute atomic E-state index is 2.42. The minimum atomic E-state index is 1.17. The molecule has 0 saturated carbocycles. The number of nitrogens with zero attached hydrogens (tertiary/aromatic N) is 2. The summed E-state index contributed by atoms with van der Waals surface area (Å²) >= 11 is 2.00. The van der Waals surface area contributed by atoms with E-state index in [1.54, 1.807) is 0 Å². The van der Waals surface area contributed by atoms with Crippen LogP contribution in [0.1, 0.15) is 19.8 Å². The van der Waals surface area contributed by atoms with Crippen LogP contribution < -0.4 is 0 Å². The third-order valence-corrected chi connectivity index (χ3v) is 2.32. The van der Waals surface area contributed by atoms with Gasteiger partial charge in [0.2, 0.25) is 0 Å². The average Bonchev–Trinajstić information content (AvgIpc) is 1.97. The Morgan fingerprint density at radius 1 is 1.09 bits per heavy atom. The van der Waals surface area contributed by atoms with Gasteiger partial charge in [0.05, 0.1) is 0 Å². The van der Waals surface area contributed by atoms with Crippen molar-refractivity contribution in [2.24, 2.45) is 0 Å². The van der Waals surface area contributed by atoms with Crippen molar-refractivity contribution >= 4 is 16.5 Å². The molecule has 0 bridgehead atoms. The van der Waals surface area contributed by atoms with Crippen LogP contribution in [0.25, 0.3) is 0 Å². The van der Waals surface area contributed by atoms with E-state index in [1.807, 2.05) is 16.5 Å². The van der Waals surface area contributed by atoms with E-state index in [9.17, 15) is 0 Å². The molecule has 0 amide bonds. The number of hydrogen-bond donors (Lipinski definition) is 0. The fourth-order valence-electron chi connectivity index (χ4n) is 0.835. The van der Waals surface area contributed by atoms with Crippen LogP contribution in [0.5, 0.6) is 0 Å². The molecule has 0 atom stereocenters. The van der Waals surface area contributed by atoms with Gasteiger partial charge in [0.25, 0.3) is 0 Å². The van der Waals surface area contributed by atoms with Gasteiger partial charge in [0.15, 0.2) is 0 Å². The van der Waals surface area contributed by atoms with Gasteiger partial charge in [-0.05, 0) is 0 Å². The predicted octanol–water partition coefficient (Wildman–Crippen LogP) is 0.466. The molecule has 0 radical (unpaired) electrons. The first-order chi connectivity index (χ1) is 5.16.